The van der Waals surface area contributed by atoms with Gasteiger partial charge in [-0.05, 0) is 24.4 Å². The minimum atomic E-state index is -0.674. The van der Waals surface area contributed by atoms with Gasteiger partial charge in [-0.3, -0.25) is 4.90 Å². The smallest absolute Gasteiger partial charge is 0.404 e. The molecule has 2 rings (SSSR count). The Morgan fingerprint density at radius 2 is 2.16 bits per heavy atom. The van der Waals surface area contributed by atoms with Crippen LogP contribution in [0.2, 0.25) is 0 Å². The fourth-order valence-corrected chi connectivity index (χ4v) is 2.62. The van der Waals surface area contributed by atoms with Crippen LogP contribution in [0.25, 0.3) is 0 Å². The molecule has 1 aromatic rings. The summed E-state index contributed by atoms with van der Waals surface area (Å²) in [5.74, 6) is 0.955. The van der Waals surface area contributed by atoms with Crippen molar-refractivity contribution in [1.29, 1.82) is 0 Å². The molecule has 2 N–H and O–H groups in total. The molecule has 0 saturated carbocycles. The average molecular weight is 262 g/mol. The summed E-state index contributed by atoms with van der Waals surface area (Å²) >= 11 is 0. The van der Waals surface area contributed by atoms with Gasteiger partial charge >= 0.3 is 6.09 Å². The Morgan fingerprint density at radius 3 is 2.84 bits per heavy atom. The van der Waals surface area contributed by atoms with Crippen LogP contribution in [0.1, 0.15) is 18.9 Å². The van der Waals surface area contributed by atoms with Crippen LogP contribution in [0.3, 0.4) is 0 Å². The summed E-state index contributed by atoms with van der Waals surface area (Å²) in [7, 11) is 0. The molecule has 1 saturated heterocycles. The molecule has 0 spiro atoms. The van der Waals surface area contributed by atoms with Crippen molar-refractivity contribution in [3.63, 3.8) is 0 Å². The Kier molecular flexibility index (Phi) is 4.80. The number of carbonyl (C=O) groups excluding carboxylic acids is 1. The lowest BCUT2D eigenvalue weighted by molar-refractivity contribution is 0.0620. The topological polar surface area (TPSA) is 55.6 Å². The standard InChI is InChI=1S/C15H22N2O2/c1-12-7-8-17(9-13-5-3-2-4-6-13)10-14(12)11-19-15(16)18/h2-6,12,14H,7-11H2,1H3,(H2,16,18). The number of piperidine rings is 1. The molecular formula is C15H22N2O2. The van der Waals surface area contributed by atoms with Crippen molar-refractivity contribution in [2.75, 3.05) is 19.7 Å². The van der Waals surface area contributed by atoms with Crippen molar-refractivity contribution in [3.05, 3.63) is 35.9 Å². The zero-order chi connectivity index (χ0) is 13.7. The second kappa shape index (κ2) is 6.57. The van der Waals surface area contributed by atoms with Crippen molar-refractivity contribution in [3.8, 4) is 0 Å². The lowest BCUT2D eigenvalue weighted by Gasteiger charge is -2.36. The number of amides is 1. The van der Waals surface area contributed by atoms with Gasteiger partial charge in [-0.25, -0.2) is 4.79 Å². The van der Waals surface area contributed by atoms with Gasteiger partial charge < -0.3 is 10.5 Å². The summed E-state index contributed by atoms with van der Waals surface area (Å²) in [4.78, 5) is 13.1. The minimum Gasteiger partial charge on any atom is -0.449 e. The first kappa shape index (κ1) is 13.9. The van der Waals surface area contributed by atoms with E-state index >= 15 is 0 Å². The number of benzene rings is 1. The van der Waals surface area contributed by atoms with Crippen molar-refractivity contribution in [2.45, 2.75) is 19.9 Å². The molecule has 2 unspecified atom stereocenters. The minimum absolute atomic E-state index is 0.380. The summed E-state index contributed by atoms with van der Waals surface area (Å²) in [5, 5.41) is 0. The number of rotatable bonds is 4. The largest absolute Gasteiger partial charge is 0.449 e. The second-order valence-corrected chi connectivity index (χ2v) is 5.38. The van der Waals surface area contributed by atoms with E-state index in [0.29, 0.717) is 18.4 Å². The molecular weight excluding hydrogens is 240 g/mol. The van der Waals surface area contributed by atoms with Crippen LogP contribution in [0.4, 0.5) is 4.79 Å². The number of ether oxygens (including phenoxy) is 1. The zero-order valence-corrected chi connectivity index (χ0v) is 11.4. The van der Waals surface area contributed by atoms with E-state index in [9.17, 15) is 4.79 Å². The fourth-order valence-electron chi connectivity index (χ4n) is 2.62. The van der Waals surface area contributed by atoms with Crippen LogP contribution >= 0.6 is 0 Å². The predicted molar refractivity (Wildman–Crippen MR) is 74.5 cm³/mol. The number of hydrogen-bond acceptors (Lipinski definition) is 3. The summed E-state index contributed by atoms with van der Waals surface area (Å²) < 4.78 is 4.96. The van der Waals surface area contributed by atoms with E-state index in [4.69, 9.17) is 10.5 Å². The highest BCUT2D eigenvalue weighted by Crippen LogP contribution is 2.24. The highest BCUT2D eigenvalue weighted by molar-refractivity contribution is 5.64. The quantitative estimate of drug-likeness (QED) is 0.905. The normalized spacial score (nSPS) is 24.1. The molecule has 0 bridgehead atoms. The maximum absolute atomic E-state index is 10.7. The zero-order valence-electron chi connectivity index (χ0n) is 11.4. The van der Waals surface area contributed by atoms with Crippen LogP contribution in [0.15, 0.2) is 30.3 Å². The summed E-state index contributed by atoms with van der Waals surface area (Å²) in [6.07, 6.45) is 0.465. The van der Waals surface area contributed by atoms with Gasteiger partial charge in [-0.15, -0.1) is 0 Å². The Bertz CT molecular complexity index is 408. The fraction of sp³-hybridized carbons (Fsp3) is 0.533. The number of likely N-dealkylation sites (tertiary alicyclic amines) is 1. The Labute approximate surface area is 114 Å². The first-order valence-electron chi connectivity index (χ1n) is 6.83. The number of hydrogen-bond donors (Lipinski definition) is 1. The lowest BCUT2D eigenvalue weighted by atomic mass is 9.87. The van der Waals surface area contributed by atoms with E-state index < -0.39 is 6.09 Å². The molecule has 1 aliphatic heterocycles. The van der Waals surface area contributed by atoms with Crippen LogP contribution in [0, 0.1) is 11.8 Å². The Balaban J connectivity index is 1.88. The van der Waals surface area contributed by atoms with Gasteiger partial charge in [0.1, 0.15) is 0 Å². The Hall–Kier alpha value is -1.55. The molecule has 0 aromatic heterocycles. The van der Waals surface area contributed by atoms with E-state index in [1.807, 2.05) is 6.07 Å². The predicted octanol–water partition coefficient (Wildman–Crippen LogP) is 2.24. The second-order valence-electron chi connectivity index (χ2n) is 5.38. The van der Waals surface area contributed by atoms with E-state index in [0.717, 1.165) is 26.1 Å². The van der Waals surface area contributed by atoms with Gasteiger partial charge in [0, 0.05) is 19.0 Å². The number of primary amides is 1. The molecule has 0 aliphatic carbocycles. The Morgan fingerprint density at radius 1 is 1.42 bits per heavy atom. The molecule has 0 radical (unpaired) electrons. The van der Waals surface area contributed by atoms with Gasteiger partial charge in [-0.2, -0.15) is 0 Å². The third-order valence-electron chi connectivity index (χ3n) is 3.89. The first-order valence-corrected chi connectivity index (χ1v) is 6.83. The van der Waals surface area contributed by atoms with Crippen LogP contribution in [-0.2, 0) is 11.3 Å². The van der Waals surface area contributed by atoms with Gasteiger partial charge in [0.2, 0.25) is 0 Å². The average Bonchev–Trinajstić information content (AvgIpc) is 2.40. The van der Waals surface area contributed by atoms with E-state index in [1.165, 1.54) is 5.56 Å². The summed E-state index contributed by atoms with van der Waals surface area (Å²) in [6, 6.07) is 10.5. The molecule has 1 aliphatic rings. The van der Waals surface area contributed by atoms with Crippen molar-refractivity contribution in [1.82, 2.24) is 4.90 Å². The third-order valence-corrected chi connectivity index (χ3v) is 3.89. The molecule has 4 nitrogen and oxygen atoms in total. The SMILES string of the molecule is CC1CCN(Cc2ccccc2)CC1COC(N)=O. The van der Waals surface area contributed by atoms with E-state index in [2.05, 4.69) is 36.1 Å². The number of nitrogens with two attached hydrogens (primary N) is 1. The first-order chi connectivity index (χ1) is 9.15. The van der Waals surface area contributed by atoms with E-state index in [-0.39, 0.29) is 0 Å². The highest BCUT2D eigenvalue weighted by atomic mass is 16.5. The molecule has 1 fully saturated rings. The number of nitrogens with zero attached hydrogens (tertiary/aromatic N) is 1. The molecule has 1 amide bonds. The lowest BCUT2D eigenvalue weighted by Crippen LogP contribution is -2.41. The molecule has 1 heterocycles. The molecule has 104 valence electrons. The highest BCUT2D eigenvalue weighted by Gasteiger charge is 2.27. The monoisotopic (exact) mass is 262 g/mol. The van der Waals surface area contributed by atoms with Crippen LogP contribution < -0.4 is 5.73 Å². The molecule has 1 aromatic carbocycles. The van der Waals surface area contributed by atoms with Gasteiger partial charge in [-0.1, -0.05) is 37.3 Å². The van der Waals surface area contributed by atoms with Crippen LogP contribution in [0.5, 0.6) is 0 Å². The van der Waals surface area contributed by atoms with Gasteiger partial charge in [0.25, 0.3) is 0 Å². The van der Waals surface area contributed by atoms with Crippen molar-refractivity contribution in [2.24, 2.45) is 17.6 Å². The summed E-state index contributed by atoms with van der Waals surface area (Å²) in [6.45, 7) is 5.67. The summed E-state index contributed by atoms with van der Waals surface area (Å²) in [5.41, 5.74) is 6.36. The van der Waals surface area contributed by atoms with Crippen LogP contribution in [-0.4, -0.2) is 30.7 Å². The van der Waals surface area contributed by atoms with Crippen molar-refractivity contribution >= 4 is 6.09 Å². The van der Waals surface area contributed by atoms with E-state index in [1.54, 1.807) is 0 Å². The van der Waals surface area contributed by atoms with Gasteiger partial charge in [0.05, 0.1) is 6.61 Å². The molecule has 2 atom stereocenters. The molecule has 19 heavy (non-hydrogen) atoms. The number of carbonyl (C=O) groups is 1. The maximum atomic E-state index is 10.7. The molecule has 4 heteroatoms. The van der Waals surface area contributed by atoms with Gasteiger partial charge in [0.15, 0.2) is 0 Å². The van der Waals surface area contributed by atoms with Crippen molar-refractivity contribution < 1.29 is 9.53 Å². The maximum Gasteiger partial charge on any atom is 0.404 e. The third kappa shape index (κ3) is 4.24.